The number of benzene rings is 1. The van der Waals surface area contributed by atoms with E-state index in [2.05, 4.69) is 4.98 Å². The predicted octanol–water partition coefficient (Wildman–Crippen LogP) is 2.80. The summed E-state index contributed by atoms with van der Waals surface area (Å²) in [6.45, 7) is 3.11. The second-order valence-corrected chi connectivity index (χ2v) is 8.89. The normalized spacial score (nSPS) is 18.9. The number of carbonyl (C=O) groups is 3. The molecule has 1 aromatic heterocycles. The molecule has 33 heavy (non-hydrogen) atoms. The predicted molar refractivity (Wildman–Crippen MR) is 120 cm³/mol. The molecule has 0 saturated carbocycles. The van der Waals surface area contributed by atoms with Crippen LogP contribution >= 0.6 is 11.3 Å². The van der Waals surface area contributed by atoms with Gasteiger partial charge in [-0.15, -0.1) is 11.3 Å². The second kappa shape index (κ2) is 10.3. The van der Waals surface area contributed by atoms with Crippen LogP contribution in [0.3, 0.4) is 0 Å². The van der Waals surface area contributed by atoms with Crippen molar-refractivity contribution in [2.24, 2.45) is 0 Å². The quantitative estimate of drug-likeness (QED) is 0.607. The van der Waals surface area contributed by atoms with E-state index in [0.717, 1.165) is 5.01 Å². The minimum atomic E-state index is -0.548. The highest BCUT2D eigenvalue weighted by Crippen LogP contribution is 2.29. The highest BCUT2D eigenvalue weighted by Gasteiger charge is 2.33. The summed E-state index contributed by atoms with van der Waals surface area (Å²) in [5.41, 5.74) is 0.773. The maximum Gasteiger partial charge on any atom is 0.414 e. The maximum atomic E-state index is 15.0. The van der Waals surface area contributed by atoms with Crippen LogP contribution < -0.4 is 9.80 Å². The van der Waals surface area contributed by atoms with E-state index in [-0.39, 0.29) is 37.4 Å². The van der Waals surface area contributed by atoms with Gasteiger partial charge in [-0.25, -0.2) is 19.2 Å². The Labute approximate surface area is 194 Å². The third-order valence-corrected chi connectivity index (χ3v) is 6.30. The Hall–Kier alpha value is -3.05. The smallest absolute Gasteiger partial charge is 0.414 e. The van der Waals surface area contributed by atoms with Gasteiger partial charge in [0.05, 0.1) is 37.5 Å². The lowest BCUT2D eigenvalue weighted by atomic mass is 10.1. The zero-order valence-electron chi connectivity index (χ0n) is 18.2. The average Bonchev–Trinajstić information content (AvgIpc) is 3.35. The van der Waals surface area contributed by atoms with E-state index in [0.29, 0.717) is 43.9 Å². The van der Waals surface area contributed by atoms with Crippen LogP contribution in [0.25, 0.3) is 0 Å². The molecule has 176 valence electrons. The van der Waals surface area contributed by atoms with Crippen molar-refractivity contribution in [2.75, 3.05) is 42.6 Å². The Bertz CT molecular complexity index is 1020. The number of ketones is 1. The van der Waals surface area contributed by atoms with Gasteiger partial charge in [0.2, 0.25) is 0 Å². The molecule has 1 aromatic carbocycles. The molecule has 0 spiro atoms. The first-order valence-corrected chi connectivity index (χ1v) is 11.6. The van der Waals surface area contributed by atoms with E-state index in [1.54, 1.807) is 18.3 Å². The van der Waals surface area contributed by atoms with E-state index in [9.17, 15) is 14.4 Å². The van der Waals surface area contributed by atoms with Crippen molar-refractivity contribution in [3.63, 3.8) is 0 Å². The number of ether oxygens (including phenoxy) is 1. The fraction of sp³-hybridized carbons (Fsp3) is 0.455. The average molecular weight is 477 g/mol. The Kier molecular flexibility index (Phi) is 7.19. The van der Waals surface area contributed by atoms with E-state index in [1.807, 2.05) is 10.3 Å². The lowest BCUT2D eigenvalue weighted by molar-refractivity contribution is -0.181. The van der Waals surface area contributed by atoms with Gasteiger partial charge in [-0.3, -0.25) is 14.5 Å². The number of aromatic nitrogens is 1. The number of cyclic esters (lactones) is 1. The zero-order chi connectivity index (χ0) is 23.4. The molecule has 9 nitrogen and oxygen atoms in total. The molecule has 2 aliphatic heterocycles. The molecular weight excluding hydrogens is 451 g/mol. The van der Waals surface area contributed by atoms with Crippen molar-refractivity contribution >= 4 is 40.5 Å². The number of hydrogen-bond donors (Lipinski definition) is 0. The SMILES string of the molecule is CC(=O)CC[C@H]1CN(c2ccc(N3CCON(C(=O)Cc4nccs4)CC3)c(F)c2)C(=O)O1. The van der Waals surface area contributed by atoms with Crippen molar-refractivity contribution in [3.8, 4) is 0 Å². The summed E-state index contributed by atoms with van der Waals surface area (Å²) in [6, 6.07) is 4.60. The van der Waals surface area contributed by atoms with E-state index >= 15 is 4.39 Å². The van der Waals surface area contributed by atoms with Gasteiger partial charge in [0.15, 0.2) is 0 Å². The molecule has 0 unspecified atom stereocenters. The third kappa shape index (κ3) is 5.66. The van der Waals surface area contributed by atoms with E-state index in [1.165, 1.54) is 34.3 Å². The van der Waals surface area contributed by atoms with Crippen molar-refractivity contribution in [2.45, 2.75) is 32.3 Å². The van der Waals surface area contributed by atoms with Gasteiger partial charge >= 0.3 is 6.09 Å². The number of anilines is 2. The summed E-state index contributed by atoms with van der Waals surface area (Å²) in [4.78, 5) is 48.8. The fourth-order valence-corrected chi connectivity index (χ4v) is 4.42. The molecule has 4 rings (SSSR count). The summed E-state index contributed by atoms with van der Waals surface area (Å²) in [7, 11) is 0. The number of hydroxylamine groups is 2. The molecule has 0 N–H and O–H groups in total. The van der Waals surface area contributed by atoms with Gasteiger partial charge in [-0.1, -0.05) is 0 Å². The number of amides is 2. The van der Waals surface area contributed by atoms with Crippen LogP contribution in [0.2, 0.25) is 0 Å². The van der Waals surface area contributed by atoms with Gasteiger partial charge < -0.3 is 14.4 Å². The Morgan fingerprint density at radius 1 is 1.27 bits per heavy atom. The van der Waals surface area contributed by atoms with E-state index < -0.39 is 11.9 Å². The Morgan fingerprint density at radius 2 is 2.12 bits per heavy atom. The van der Waals surface area contributed by atoms with Crippen LogP contribution in [0.5, 0.6) is 0 Å². The van der Waals surface area contributed by atoms with Gasteiger partial charge in [-0.05, 0) is 31.5 Å². The van der Waals surface area contributed by atoms with Crippen molar-refractivity contribution in [1.29, 1.82) is 0 Å². The van der Waals surface area contributed by atoms with Crippen LogP contribution in [0.4, 0.5) is 20.6 Å². The molecule has 0 aliphatic carbocycles. The number of rotatable bonds is 7. The van der Waals surface area contributed by atoms with Gasteiger partial charge in [0, 0.05) is 31.1 Å². The van der Waals surface area contributed by atoms with Gasteiger partial charge in [0.1, 0.15) is 22.7 Å². The summed E-state index contributed by atoms with van der Waals surface area (Å²) >= 11 is 1.41. The van der Waals surface area contributed by atoms with Crippen LogP contribution in [0.1, 0.15) is 24.8 Å². The second-order valence-electron chi connectivity index (χ2n) is 7.91. The van der Waals surface area contributed by atoms with Crippen LogP contribution in [0.15, 0.2) is 29.8 Å². The van der Waals surface area contributed by atoms with Crippen LogP contribution in [-0.2, 0) is 25.6 Å². The standard InChI is InChI=1S/C22H25FN4O5S/c1-15(28)2-4-17-14-26(22(30)32-17)16-3-5-19(18(23)12-16)25-7-8-27(31-10-9-25)21(29)13-20-24-6-11-33-20/h3,5-6,11-12,17H,2,4,7-10,13-14H2,1H3/t17-/m0/s1. The number of nitrogens with zero attached hydrogens (tertiary/aromatic N) is 4. The summed E-state index contributed by atoms with van der Waals surface area (Å²) in [6.07, 6.45) is 1.66. The molecule has 2 saturated heterocycles. The largest absolute Gasteiger partial charge is 0.444 e. The monoisotopic (exact) mass is 476 g/mol. The Balaban J connectivity index is 1.37. The highest BCUT2D eigenvalue weighted by atomic mass is 32.1. The van der Waals surface area contributed by atoms with Crippen molar-refractivity contribution in [1.82, 2.24) is 10.0 Å². The summed E-state index contributed by atoms with van der Waals surface area (Å²) in [5, 5.41) is 3.85. The third-order valence-electron chi connectivity index (χ3n) is 5.52. The molecule has 0 bridgehead atoms. The number of hydrogen-bond acceptors (Lipinski definition) is 8. The molecule has 1 atom stereocenters. The lowest BCUT2D eigenvalue weighted by Gasteiger charge is -2.24. The zero-order valence-corrected chi connectivity index (χ0v) is 19.1. The van der Waals surface area contributed by atoms with E-state index in [4.69, 9.17) is 9.57 Å². The van der Waals surface area contributed by atoms with Gasteiger partial charge in [0.25, 0.3) is 5.91 Å². The fourth-order valence-electron chi connectivity index (χ4n) is 3.81. The lowest BCUT2D eigenvalue weighted by Crippen LogP contribution is -2.35. The van der Waals surface area contributed by atoms with Gasteiger partial charge in [-0.2, -0.15) is 0 Å². The molecule has 3 heterocycles. The molecule has 2 amide bonds. The van der Waals surface area contributed by atoms with Crippen LogP contribution in [0, 0.1) is 5.82 Å². The molecule has 2 fully saturated rings. The summed E-state index contributed by atoms with van der Waals surface area (Å²) in [5.74, 6) is -0.630. The summed E-state index contributed by atoms with van der Waals surface area (Å²) < 4.78 is 20.3. The van der Waals surface area contributed by atoms with Crippen LogP contribution in [-0.4, -0.2) is 66.7 Å². The molecule has 2 aromatic rings. The minimum Gasteiger partial charge on any atom is -0.444 e. The maximum absolute atomic E-state index is 15.0. The number of thiazole rings is 1. The minimum absolute atomic E-state index is 0.0322. The van der Waals surface area contributed by atoms with Crippen molar-refractivity contribution < 1.29 is 28.3 Å². The first kappa shape index (κ1) is 23.1. The number of Topliss-reactive ketones (excluding diaryl/α,β-unsaturated/α-hetero) is 1. The molecule has 0 radical (unpaired) electrons. The molecule has 2 aliphatic rings. The first-order chi connectivity index (χ1) is 15.9. The Morgan fingerprint density at radius 3 is 2.85 bits per heavy atom. The topological polar surface area (TPSA) is 92.3 Å². The molecular formula is C22H25FN4O5S. The first-order valence-electron chi connectivity index (χ1n) is 10.7. The molecule has 11 heteroatoms. The number of carbonyl (C=O) groups excluding carboxylic acids is 3. The van der Waals surface area contributed by atoms with Crippen molar-refractivity contribution in [3.05, 3.63) is 40.6 Å². The number of halogens is 1. The highest BCUT2D eigenvalue weighted by molar-refractivity contribution is 7.09.